The summed E-state index contributed by atoms with van der Waals surface area (Å²) in [6, 6.07) is 0. The average Bonchev–Trinajstić information content (AvgIpc) is 1.93. The van der Waals surface area contributed by atoms with Gasteiger partial charge in [-0.15, -0.1) is 0 Å². The van der Waals surface area contributed by atoms with Crippen LogP contribution in [0.15, 0.2) is 10.7 Å². The van der Waals surface area contributed by atoms with E-state index in [0.29, 0.717) is 14.5 Å². The number of nitrogens with zero attached hydrogens (tertiary/aromatic N) is 1. The molecule has 0 atom stereocenters. The number of hydrogen-bond acceptors (Lipinski definition) is 1. The lowest BCUT2D eigenvalue weighted by atomic mass is 10.4. The van der Waals surface area contributed by atoms with Crippen molar-refractivity contribution in [3.05, 3.63) is 26.4 Å². The molecule has 0 aliphatic carbocycles. The third kappa shape index (κ3) is 1.44. The topological polar surface area (TPSA) is 12.9 Å². The summed E-state index contributed by atoms with van der Waals surface area (Å²) < 4.78 is 0.711. The molecule has 0 radical (unpaired) electrons. The Kier molecular flexibility index (Phi) is 2.55. The van der Waals surface area contributed by atoms with Gasteiger partial charge >= 0.3 is 0 Å². The normalized spacial score (nSPS) is 10.0. The maximum atomic E-state index is 5.79. The van der Waals surface area contributed by atoms with Crippen molar-refractivity contribution in [2.75, 3.05) is 0 Å². The van der Waals surface area contributed by atoms with Crippen molar-refractivity contribution in [3.63, 3.8) is 0 Å². The van der Waals surface area contributed by atoms with Crippen molar-refractivity contribution in [2.24, 2.45) is 0 Å². The summed E-state index contributed by atoms with van der Waals surface area (Å²) in [4.78, 5) is 3.95. The Morgan fingerprint density at radius 1 is 1.50 bits per heavy atom. The van der Waals surface area contributed by atoms with E-state index in [9.17, 15) is 0 Å². The van der Waals surface area contributed by atoms with Crippen LogP contribution in [0.3, 0.4) is 0 Å². The first kappa shape index (κ1) is 8.31. The Morgan fingerprint density at radius 3 is 2.60 bits per heavy atom. The van der Waals surface area contributed by atoms with Gasteiger partial charge in [0.1, 0.15) is 0 Å². The lowest BCUT2D eigenvalue weighted by Crippen LogP contribution is -1.83. The van der Waals surface area contributed by atoms with E-state index in [4.69, 9.17) is 23.2 Å². The third-order valence-electron chi connectivity index (χ3n) is 1.09. The molecule has 0 N–H and O–H groups in total. The molecule has 0 aliphatic heterocycles. The molecule has 0 fully saturated rings. The maximum absolute atomic E-state index is 5.79. The number of rotatable bonds is 0. The lowest BCUT2D eigenvalue weighted by molar-refractivity contribution is 1.19. The van der Waals surface area contributed by atoms with Gasteiger partial charge < -0.3 is 0 Å². The van der Waals surface area contributed by atoms with E-state index in [1.165, 1.54) is 0 Å². The van der Waals surface area contributed by atoms with Crippen LogP contribution in [0.1, 0.15) is 5.69 Å². The molecular formula is C6H4BrCl2N. The molecule has 1 aromatic heterocycles. The van der Waals surface area contributed by atoms with Crippen molar-refractivity contribution >= 4 is 39.1 Å². The van der Waals surface area contributed by atoms with E-state index in [-0.39, 0.29) is 0 Å². The molecule has 0 aromatic carbocycles. The molecule has 0 saturated carbocycles. The predicted molar refractivity (Wildman–Crippen MR) is 46.7 cm³/mol. The van der Waals surface area contributed by atoms with Gasteiger partial charge in [-0.05, 0) is 22.9 Å². The molecule has 54 valence electrons. The van der Waals surface area contributed by atoms with E-state index in [0.717, 1.165) is 5.69 Å². The summed E-state index contributed by atoms with van der Waals surface area (Å²) in [5.74, 6) is 0. The molecule has 1 aromatic rings. The van der Waals surface area contributed by atoms with Crippen LogP contribution in [0.25, 0.3) is 0 Å². The van der Waals surface area contributed by atoms with Crippen molar-refractivity contribution in [1.82, 2.24) is 4.98 Å². The molecule has 0 saturated heterocycles. The van der Waals surface area contributed by atoms with Gasteiger partial charge in [0.05, 0.1) is 20.2 Å². The van der Waals surface area contributed by atoms with Crippen LogP contribution in [-0.2, 0) is 0 Å². The van der Waals surface area contributed by atoms with Gasteiger partial charge in [0.15, 0.2) is 0 Å². The van der Waals surface area contributed by atoms with Gasteiger partial charge in [-0.3, -0.25) is 4.98 Å². The summed E-state index contributed by atoms with van der Waals surface area (Å²) in [5, 5.41) is 1.11. The second-order valence-electron chi connectivity index (χ2n) is 1.82. The lowest BCUT2D eigenvalue weighted by Gasteiger charge is -1.99. The van der Waals surface area contributed by atoms with E-state index in [1.54, 1.807) is 6.20 Å². The highest BCUT2D eigenvalue weighted by molar-refractivity contribution is 9.10. The van der Waals surface area contributed by atoms with E-state index < -0.39 is 0 Å². The Labute approximate surface area is 77.5 Å². The largest absolute Gasteiger partial charge is 0.258 e. The van der Waals surface area contributed by atoms with Crippen LogP contribution in [0.4, 0.5) is 0 Å². The summed E-state index contributed by atoms with van der Waals surface area (Å²) in [6.45, 7) is 1.82. The summed E-state index contributed by atoms with van der Waals surface area (Å²) >= 11 is 14.7. The SMILES string of the molecule is Cc1ncc(Cl)c(Br)c1Cl. The van der Waals surface area contributed by atoms with Crippen molar-refractivity contribution in [2.45, 2.75) is 6.92 Å². The highest BCUT2D eigenvalue weighted by atomic mass is 79.9. The standard InChI is InChI=1S/C6H4BrCl2N/c1-3-6(9)5(7)4(8)2-10-3/h2H,1H3. The van der Waals surface area contributed by atoms with Gasteiger partial charge in [-0.2, -0.15) is 0 Å². The first-order valence-corrected chi connectivity index (χ1v) is 4.14. The van der Waals surface area contributed by atoms with Crippen LogP contribution in [0.5, 0.6) is 0 Å². The average molecular weight is 241 g/mol. The van der Waals surface area contributed by atoms with E-state index in [2.05, 4.69) is 20.9 Å². The van der Waals surface area contributed by atoms with Crippen LogP contribution in [0.2, 0.25) is 10.0 Å². The monoisotopic (exact) mass is 239 g/mol. The van der Waals surface area contributed by atoms with Crippen LogP contribution in [0, 0.1) is 6.92 Å². The number of halogens is 3. The van der Waals surface area contributed by atoms with Crippen LogP contribution < -0.4 is 0 Å². The Morgan fingerprint density at radius 2 is 2.10 bits per heavy atom. The zero-order chi connectivity index (χ0) is 7.72. The zero-order valence-electron chi connectivity index (χ0n) is 5.16. The second-order valence-corrected chi connectivity index (χ2v) is 3.40. The van der Waals surface area contributed by atoms with Crippen molar-refractivity contribution in [3.8, 4) is 0 Å². The van der Waals surface area contributed by atoms with Crippen molar-refractivity contribution in [1.29, 1.82) is 0 Å². The molecule has 0 unspecified atom stereocenters. The number of aryl methyl sites for hydroxylation is 1. The number of aromatic nitrogens is 1. The molecule has 0 amide bonds. The second kappa shape index (κ2) is 3.07. The minimum absolute atomic E-state index is 0.538. The molecule has 0 bridgehead atoms. The third-order valence-corrected chi connectivity index (χ3v) is 3.12. The fourth-order valence-electron chi connectivity index (χ4n) is 0.531. The van der Waals surface area contributed by atoms with E-state index >= 15 is 0 Å². The maximum Gasteiger partial charge on any atom is 0.0775 e. The number of pyridine rings is 1. The molecule has 4 heteroatoms. The van der Waals surface area contributed by atoms with Crippen LogP contribution >= 0.6 is 39.1 Å². The van der Waals surface area contributed by atoms with Crippen LogP contribution in [-0.4, -0.2) is 4.98 Å². The highest BCUT2D eigenvalue weighted by Crippen LogP contribution is 2.30. The predicted octanol–water partition coefficient (Wildman–Crippen LogP) is 3.46. The summed E-state index contributed by atoms with van der Waals surface area (Å²) in [5.41, 5.74) is 0.776. The Hall–Kier alpha value is 0.210. The van der Waals surface area contributed by atoms with Gasteiger partial charge in [-0.25, -0.2) is 0 Å². The number of hydrogen-bond donors (Lipinski definition) is 0. The molecule has 1 heterocycles. The Balaban J connectivity index is 3.34. The molecule has 10 heavy (non-hydrogen) atoms. The fourth-order valence-corrected chi connectivity index (χ4v) is 1.26. The Bertz CT molecular complexity index is 235. The fraction of sp³-hybridized carbons (Fsp3) is 0.167. The van der Waals surface area contributed by atoms with Crippen molar-refractivity contribution < 1.29 is 0 Å². The molecule has 0 aliphatic rings. The molecule has 0 spiro atoms. The highest BCUT2D eigenvalue weighted by Gasteiger charge is 2.04. The first-order chi connectivity index (χ1) is 4.63. The molecular weight excluding hydrogens is 237 g/mol. The van der Waals surface area contributed by atoms with Gasteiger partial charge in [0.2, 0.25) is 0 Å². The van der Waals surface area contributed by atoms with Gasteiger partial charge in [0.25, 0.3) is 0 Å². The first-order valence-electron chi connectivity index (χ1n) is 2.59. The smallest absolute Gasteiger partial charge is 0.0775 e. The van der Waals surface area contributed by atoms with Gasteiger partial charge in [0, 0.05) is 6.20 Å². The minimum Gasteiger partial charge on any atom is -0.258 e. The van der Waals surface area contributed by atoms with E-state index in [1.807, 2.05) is 6.92 Å². The minimum atomic E-state index is 0.538. The quantitative estimate of drug-likeness (QED) is 0.677. The molecule has 1 rings (SSSR count). The molecule has 1 nitrogen and oxygen atoms in total. The zero-order valence-corrected chi connectivity index (χ0v) is 8.26. The summed E-state index contributed by atoms with van der Waals surface area (Å²) in [6.07, 6.45) is 1.56. The summed E-state index contributed by atoms with van der Waals surface area (Å²) in [7, 11) is 0. The van der Waals surface area contributed by atoms with Gasteiger partial charge in [-0.1, -0.05) is 23.2 Å².